The van der Waals surface area contributed by atoms with Crippen LogP contribution in [0.2, 0.25) is 0 Å². The predicted molar refractivity (Wildman–Crippen MR) is 78.9 cm³/mol. The average molecular weight is 277 g/mol. The summed E-state index contributed by atoms with van der Waals surface area (Å²) in [6.07, 6.45) is 0.919. The molecule has 1 saturated heterocycles. The number of amides is 2. The SMILES string of the molecule is CCc1ccccc1OCNC(=O)N1CCN(C)CC1. The van der Waals surface area contributed by atoms with Crippen molar-refractivity contribution >= 4 is 6.03 Å². The summed E-state index contributed by atoms with van der Waals surface area (Å²) in [6.45, 7) is 5.69. The van der Waals surface area contributed by atoms with Crippen molar-refractivity contribution in [1.29, 1.82) is 0 Å². The Morgan fingerprint density at radius 3 is 2.65 bits per heavy atom. The Kier molecular flexibility index (Phi) is 5.24. The van der Waals surface area contributed by atoms with E-state index in [9.17, 15) is 4.79 Å². The predicted octanol–water partition coefficient (Wildman–Crippen LogP) is 1.54. The van der Waals surface area contributed by atoms with Gasteiger partial charge in [-0.2, -0.15) is 0 Å². The summed E-state index contributed by atoms with van der Waals surface area (Å²) in [5, 5.41) is 2.81. The first kappa shape index (κ1) is 14.7. The number of aryl methyl sites for hydroxylation is 1. The van der Waals surface area contributed by atoms with Gasteiger partial charge in [0, 0.05) is 26.2 Å². The Hall–Kier alpha value is -1.75. The van der Waals surface area contributed by atoms with Gasteiger partial charge in [-0.1, -0.05) is 25.1 Å². The molecular weight excluding hydrogens is 254 g/mol. The van der Waals surface area contributed by atoms with Crippen LogP contribution in [0.15, 0.2) is 24.3 Å². The number of piperazine rings is 1. The second kappa shape index (κ2) is 7.14. The summed E-state index contributed by atoms with van der Waals surface area (Å²) in [4.78, 5) is 16.0. The number of hydrogen-bond acceptors (Lipinski definition) is 3. The van der Waals surface area contributed by atoms with Crippen LogP contribution in [0, 0.1) is 0 Å². The molecule has 1 aromatic rings. The van der Waals surface area contributed by atoms with Gasteiger partial charge in [0.25, 0.3) is 0 Å². The highest BCUT2D eigenvalue weighted by Gasteiger charge is 2.18. The van der Waals surface area contributed by atoms with E-state index in [4.69, 9.17) is 4.74 Å². The molecule has 110 valence electrons. The van der Waals surface area contributed by atoms with E-state index in [0.29, 0.717) is 0 Å². The van der Waals surface area contributed by atoms with Gasteiger partial charge in [0.2, 0.25) is 0 Å². The number of nitrogens with zero attached hydrogens (tertiary/aromatic N) is 2. The molecule has 0 bridgehead atoms. The molecule has 1 aliphatic rings. The normalized spacial score (nSPS) is 16.0. The van der Waals surface area contributed by atoms with Crippen molar-refractivity contribution in [3.05, 3.63) is 29.8 Å². The van der Waals surface area contributed by atoms with Crippen LogP contribution in [0.1, 0.15) is 12.5 Å². The van der Waals surface area contributed by atoms with E-state index >= 15 is 0 Å². The van der Waals surface area contributed by atoms with Gasteiger partial charge in [-0.15, -0.1) is 0 Å². The lowest BCUT2D eigenvalue weighted by molar-refractivity contribution is 0.147. The van der Waals surface area contributed by atoms with E-state index in [-0.39, 0.29) is 12.8 Å². The van der Waals surface area contributed by atoms with Crippen LogP contribution in [-0.4, -0.2) is 55.8 Å². The highest BCUT2D eigenvalue weighted by atomic mass is 16.5. The molecular formula is C15H23N3O2. The molecule has 1 N–H and O–H groups in total. The van der Waals surface area contributed by atoms with Crippen molar-refractivity contribution in [1.82, 2.24) is 15.1 Å². The van der Waals surface area contributed by atoms with Crippen molar-refractivity contribution in [2.75, 3.05) is 40.0 Å². The van der Waals surface area contributed by atoms with Crippen LogP contribution in [0.5, 0.6) is 5.75 Å². The van der Waals surface area contributed by atoms with Crippen LogP contribution < -0.4 is 10.1 Å². The minimum Gasteiger partial charge on any atom is -0.473 e. The first-order valence-corrected chi connectivity index (χ1v) is 7.12. The molecule has 0 aromatic heterocycles. The number of nitrogens with one attached hydrogen (secondary N) is 1. The summed E-state index contributed by atoms with van der Waals surface area (Å²) < 4.78 is 5.64. The van der Waals surface area contributed by atoms with E-state index in [1.807, 2.05) is 29.2 Å². The lowest BCUT2D eigenvalue weighted by atomic mass is 10.1. The van der Waals surface area contributed by atoms with Gasteiger partial charge < -0.3 is 19.9 Å². The second-order valence-electron chi connectivity index (χ2n) is 5.02. The summed E-state index contributed by atoms with van der Waals surface area (Å²) in [5.41, 5.74) is 1.15. The lowest BCUT2D eigenvalue weighted by Gasteiger charge is -2.32. The molecule has 1 aliphatic heterocycles. The third-order valence-corrected chi connectivity index (χ3v) is 3.60. The van der Waals surface area contributed by atoms with Crippen molar-refractivity contribution < 1.29 is 9.53 Å². The fourth-order valence-corrected chi connectivity index (χ4v) is 2.23. The molecule has 5 heteroatoms. The molecule has 1 fully saturated rings. The Morgan fingerprint density at radius 2 is 1.95 bits per heavy atom. The minimum atomic E-state index is -0.0490. The summed E-state index contributed by atoms with van der Waals surface area (Å²) in [5.74, 6) is 0.841. The van der Waals surface area contributed by atoms with E-state index < -0.39 is 0 Å². The quantitative estimate of drug-likeness (QED) is 0.849. The standard InChI is InChI=1S/C15H23N3O2/c1-3-13-6-4-5-7-14(13)20-12-16-15(19)18-10-8-17(2)9-11-18/h4-7H,3,8-12H2,1-2H3,(H,16,19). The highest BCUT2D eigenvalue weighted by Crippen LogP contribution is 2.17. The van der Waals surface area contributed by atoms with Crippen LogP contribution in [0.25, 0.3) is 0 Å². The summed E-state index contributed by atoms with van der Waals surface area (Å²) in [6, 6.07) is 7.86. The zero-order valence-corrected chi connectivity index (χ0v) is 12.3. The van der Waals surface area contributed by atoms with Gasteiger partial charge in [-0.3, -0.25) is 0 Å². The number of ether oxygens (including phenoxy) is 1. The number of rotatable bonds is 4. The molecule has 0 radical (unpaired) electrons. The van der Waals surface area contributed by atoms with Crippen LogP contribution in [0.3, 0.4) is 0 Å². The molecule has 2 rings (SSSR count). The molecule has 0 spiro atoms. The molecule has 20 heavy (non-hydrogen) atoms. The Morgan fingerprint density at radius 1 is 1.25 bits per heavy atom. The maximum Gasteiger partial charge on any atom is 0.320 e. The number of likely N-dealkylation sites (N-methyl/N-ethyl adjacent to an activating group) is 1. The van der Waals surface area contributed by atoms with Crippen molar-refractivity contribution in [2.45, 2.75) is 13.3 Å². The minimum absolute atomic E-state index is 0.0490. The Balaban J connectivity index is 1.76. The van der Waals surface area contributed by atoms with Crippen LogP contribution in [-0.2, 0) is 6.42 Å². The maximum atomic E-state index is 12.0. The number of urea groups is 1. The van der Waals surface area contributed by atoms with E-state index in [1.165, 1.54) is 0 Å². The smallest absolute Gasteiger partial charge is 0.320 e. The topological polar surface area (TPSA) is 44.8 Å². The second-order valence-corrected chi connectivity index (χ2v) is 5.02. The van der Waals surface area contributed by atoms with Crippen molar-refractivity contribution in [3.63, 3.8) is 0 Å². The number of para-hydroxylation sites is 1. The molecule has 0 saturated carbocycles. The Labute approximate surface area is 120 Å². The van der Waals surface area contributed by atoms with Gasteiger partial charge in [0.1, 0.15) is 5.75 Å². The fraction of sp³-hybridized carbons (Fsp3) is 0.533. The van der Waals surface area contributed by atoms with E-state index in [2.05, 4.69) is 24.2 Å². The summed E-state index contributed by atoms with van der Waals surface area (Å²) in [7, 11) is 2.07. The summed E-state index contributed by atoms with van der Waals surface area (Å²) >= 11 is 0. The Bertz CT molecular complexity index is 442. The molecule has 0 aliphatic carbocycles. The van der Waals surface area contributed by atoms with Gasteiger partial charge in [0.15, 0.2) is 6.73 Å². The molecule has 2 amide bonds. The van der Waals surface area contributed by atoms with Crippen LogP contribution in [0.4, 0.5) is 4.79 Å². The lowest BCUT2D eigenvalue weighted by Crippen LogP contribution is -2.51. The number of hydrogen-bond donors (Lipinski definition) is 1. The number of carbonyl (C=O) groups excluding carboxylic acids is 1. The van der Waals surface area contributed by atoms with Gasteiger partial charge in [-0.25, -0.2) is 4.79 Å². The molecule has 0 atom stereocenters. The average Bonchev–Trinajstić information content (AvgIpc) is 2.48. The third-order valence-electron chi connectivity index (χ3n) is 3.60. The molecule has 1 aromatic carbocycles. The van der Waals surface area contributed by atoms with Crippen molar-refractivity contribution in [3.8, 4) is 5.75 Å². The van der Waals surface area contributed by atoms with Gasteiger partial charge in [-0.05, 0) is 25.1 Å². The zero-order chi connectivity index (χ0) is 14.4. The maximum absolute atomic E-state index is 12.0. The van der Waals surface area contributed by atoms with Crippen molar-refractivity contribution in [2.24, 2.45) is 0 Å². The van der Waals surface area contributed by atoms with E-state index in [0.717, 1.165) is 43.9 Å². The fourth-order valence-electron chi connectivity index (χ4n) is 2.23. The number of benzene rings is 1. The highest BCUT2D eigenvalue weighted by molar-refractivity contribution is 5.74. The largest absolute Gasteiger partial charge is 0.473 e. The van der Waals surface area contributed by atoms with Gasteiger partial charge >= 0.3 is 6.03 Å². The third kappa shape index (κ3) is 3.87. The van der Waals surface area contributed by atoms with Gasteiger partial charge in [0.05, 0.1) is 0 Å². The molecule has 1 heterocycles. The number of carbonyl (C=O) groups is 1. The molecule has 0 unspecified atom stereocenters. The van der Waals surface area contributed by atoms with E-state index in [1.54, 1.807) is 0 Å². The van der Waals surface area contributed by atoms with Crippen LogP contribution >= 0.6 is 0 Å². The first-order valence-electron chi connectivity index (χ1n) is 7.12. The monoisotopic (exact) mass is 277 g/mol. The first-order chi connectivity index (χ1) is 9.70. The molecule has 5 nitrogen and oxygen atoms in total. The zero-order valence-electron chi connectivity index (χ0n) is 12.3.